The van der Waals surface area contributed by atoms with Crippen LogP contribution in [0.25, 0.3) is 27.7 Å². The van der Waals surface area contributed by atoms with Crippen molar-refractivity contribution in [3.63, 3.8) is 0 Å². The number of imidazole rings is 1. The number of likely N-dealkylation sites (tertiary alicyclic amines) is 1. The van der Waals surface area contributed by atoms with Crippen LogP contribution in [0.3, 0.4) is 0 Å². The lowest BCUT2D eigenvalue weighted by Crippen LogP contribution is -2.49. The van der Waals surface area contributed by atoms with E-state index in [9.17, 15) is 14.7 Å². The number of anilines is 1. The standard InChI is InChI=1S/C28H34ClN7O3/c1-18(37)34-13-15-35(16-14-34)23-8-6-20-25(38)24(27(39)30-9-12-33-10-3-4-11-33)28-32(2)22-17-19(29)5-7-21(22)36(28)26(20)31-23/h5-8,17-18,37H,3-4,9-16H2,1-2H3,(H,30,39). The maximum absolute atomic E-state index is 13.9. The summed E-state index contributed by atoms with van der Waals surface area (Å²) < 4.78 is 3.76. The zero-order valence-corrected chi connectivity index (χ0v) is 23.1. The van der Waals surface area contributed by atoms with Crippen molar-refractivity contribution >= 4 is 51.0 Å². The van der Waals surface area contributed by atoms with Gasteiger partial charge >= 0.3 is 0 Å². The molecule has 2 aliphatic heterocycles. The first-order valence-corrected chi connectivity index (χ1v) is 14.0. The Morgan fingerprint density at radius 1 is 1.08 bits per heavy atom. The molecule has 39 heavy (non-hydrogen) atoms. The molecule has 1 amide bonds. The number of nitrogens with one attached hydrogen (secondary N) is 1. The van der Waals surface area contributed by atoms with E-state index in [1.165, 1.54) is 12.8 Å². The number of nitrogens with zero attached hydrogens (tertiary/aromatic N) is 6. The molecule has 1 aromatic carbocycles. The van der Waals surface area contributed by atoms with E-state index in [1.54, 1.807) is 13.0 Å². The number of hydrogen-bond acceptors (Lipinski definition) is 7. The molecular weight excluding hydrogens is 518 g/mol. The van der Waals surface area contributed by atoms with Crippen LogP contribution in [0.15, 0.2) is 35.1 Å². The number of aromatic nitrogens is 3. The molecule has 2 saturated heterocycles. The van der Waals surface area contributed by atoms with E-state index in [1.807, 2.05) is 45.2 Å². The van der Waals surface area contributed by atoms with Crippen molar-refractivity contribution in [1.29, 1.82) is 0 Å². The molecular formula is C28H34ClN7O3. The molecule has 11 heteroatoms. The summed E-state index contributed by atoms with van der Waals surface area (Å²) in [6.07, 6.45) is 1.88. The number of pyridine rings is 2. The second-order valence-corrected chi connectivity index (χ2v) is 11.0. The maximum Gasteiger partial charge on any atom is 0.259 e. The number of halogens is 1. The molecule has 2 aliphatic rings. The Morgan fingerprint density at radius 3 is 2.54 bits per heavy atom. The number of carbonyl (C=O) groups is 1. The molecule has 6 rings (SSSR count). The summed E-state index contributed by atoms with van der Waals surface area (Å²) in [7, 11) is 1.85. The molecule has 4 aromatic rings. The van der Waals surface area contributed by atoms with Gasteiger partial charge in [0, 0.05) is 51.3 Å². The predicted octanol–water partition coefficient (Wildman–Crippen LogP) is 2.28. The first-order chi connectivity index (χ1) is 18.8. The van der Waals surface area contributed by atoms with Crippen LogP contribution in [0.5, 0.6) is 0 Å². The van der Waals surface area contributed by atoms with Crippen LogP contribution in [0.2, 0.25) is 5.02 Å². The predicted molar refractivity (Wildman–Crippen MR) is 154 cm³/mol. The van der Waals surface area contributed by atoms with E-state index in [2.05, 4.69) is 15.1 Å². The summed E-state index contributed by atoms with van der Waals surface area (Å²) in [5.74, 6) is 0.378. The third-order valence-corrected chi connectivity index (χ3v) is 8.38. The molecule has 5 heterocycles. The van der Waals surface area contributed by atoms with Gasteiger partial charge in [0.05, 0.1) is 16.4 Å². The van der Waals surface area contributed by atoms with E-state index in [0.717, 1.165) is 49.6 Å². The molecule has 2 fully saturated rings. The summed E-state index contributed by atoms with van der Waals surface area (Å²) in [6, 6.07) is 9.18. The van der Waals surface area contributed by atoms with Crippen molar-refractivity contribution < 1.29 is 9.90 Å². The van der Waals surface area contributed by atoms with Crippen molar-refractivity contribution in [2.45, 2.75) is 26.0 Å². The molecule has 0 aliphatic carbocycles. The van der Waals surface area contributed by atoms with Crippen molar-refractivity contribution in [2.75, 3.05) is 57.3 Å². The molecule has 1 unspecified atom stereocenters. The topological polar surface area (TPSA) is 98.3 Å². The third-order valence-electron chi connectivity index (χ3n) is 8.14. The maximum atomic E-state index is 13.9. The molecule has 206 valence electrons. The summed E-state index contributed by atoms with van der Waals surface area (Å²) in [4.78, 5) is 38.9. The van der Waals surface area contributed by atoms with Crippen molar-refractivity contribution in [2.24, 2.45) is 7.05 Å². The Balaban J connectivity index is 1.47. The van der Waals surface area contributed by atoms with Gasteiger partial charge in [-0.3, -0.25) is 18.9 Å². The smallest absolute Gasteiger partial charge is 0.259 e. The van der Waals surface area contributed by atoms with Crippen LogP contribution in [-0.2, 0) is 7.05 Å². The molecule has 0 saturated carbocycles. The van der Waals surface area contributed by atoms with Gasteiger partial charge in [-0.15, -0.1) is 0 Å². The average molecular weight is 552 g/mol. The molecule has 0 radical (unpaired) electrons. The molecule has 1 atom stereocenters. The number of aryl methyl sites for hydroxylation is 1. The Hall–Kier alpha value is -3.18. The number of fused-ring (bicyclic) bond motifs is 5. The van der Waals surface area contributed by atoms with Crippen LogP contribution in [0.4, 0.5) is 5.82 Å². The van der Waals surface area contributed by atoms with Gasteiger partial charge in [0.2, 0.25) is 5.43 Å². The minimum Gasteiger partial charge on any atom is -0.379 e. The zero-order valence-electron chi connectivity index (χ0n) is 22.4. The highest BCUT2D eigenvalue weighted by Crippen LogP contribution is 2.29. The monoisotopic (exact) mass is 551 g/mol. The van der Waals surface area contributed by atoms with E-state index < -0.39 is 6.23 Å². The molecule has 10 nitrogen and oxygen atoms in total. The first kappa shape index (κ1) is 26.1. The van der Waals surface area contributed by atoms with Gasteiger partial charge in [-0.1, -0.05) is 11.6 Å². The number of amides is 1. The van der Waals surface area contributed by atoms with Crippen LogP contribution in [0, 0.1) is 0 Å². The van der Waals surface area contributed by atoms with E-state index >= 15 is 0 Å². The highest BCUT2D eigenvalue weighted by Gasteiger charge is 2.26. The fourth-order valence-corrected chi connectivity index (χ4v) is 6.14. The highest BCUT2D eigenvalue weighted by molar-refractivity contribution is 6.31. The summed E-state index contributed by atoms with van der Waals surface area (Å²) >= 11 is 6.35. The zero-order chi connectivity index (χ0) is 27.3. The van der Waals surface area contributed by atoms with E-state index in [4.69, 9.17) is 16.6 Å². The minimum absolute atomic E-state index is 0.110. The molecule has 0 spiro atoms. The third kappa shape index (κ3) is 4.65. The molecule has 3 aromatic heterocycles. The summed E-state index contributed by atoms with van der Waals surface area (Å²) in [5.41, 5.74) is 2.39. The van der Waals surface area contributed by atoms with E-state index in [-0.39, 0.29) is 16.9 Å². The van der Waals surface area contributed by atoms with E-state index in [0.29, 0.717) is 41.3 Å². The Bertz CT molecular complexity index is 1620. The normalized spacial score (nSPS) is 18.0. The van der Waals surface area contributed by atoms with Gasteiger partial charge in [-0.2, -0.15) is 0 Å². The number of benzene rings is 1. The minimum atomic E-state index is -0.489. The molecule has 0 bridgehead atoms. The van der Waals surface area contributed by atoms with Gasteiger partial charge in [0.1, 0.15) is 23.3 Å². The number of rotatable bonds is 6. The number of hydrogen-bond donors (Lipinski definition) is 2. The van der Waals surface area contributed by atoms with Crippen molar-refractivity contribution in [3.8, 4) is 0 Å². The lowest BCUT2D eigenvalue weighted by atomic mass is 10.1. The Kier molecular flexibility index (Phi) is 6.96. The SMILES string of the molecule is CC(O)N1CCN(c2ccc3c(=O)c(C(=O)NCCN4CCCC4)c4n(C)c5cc(Cl)ccc5n4c3n2)CC1. The largest absolute Gasteiger partial charge is 0.379 e. The second kappa shape index (κ2) is 10.4. The quantitative estimate of drug-likeness (QED) is 0.379. The summed E-state index contributed by atoms with van der Waals surface area (Å²) in [6.45, 7) is 7.98. The van der Waals surface area contributed by atoms with Crippen LogP contribution >= 0.6 is 11.6 Å². The van der Waals surface area contributed by atoms with Gasteiger partial charge < -0.3 is 24.8 Å². The van der Waals surface area contributed by atoms with Gasteiger partial charge in [-0.25, -0.2) is 4.98 Å². The highest BCUT2D eigenvalue weighted by atomic mass is 35.5. The number of aliphatic hydroxyl groups excluding tert-OH is 1. The lowest BCUT2D eigenvalue weighted by Gasteiger charge is -2.36. The molecule has 2 N–H and O–H groups in total. The van der Waals surface area contributed by atoms with Gasteiger partial charge in [0.15, 0.2) is 5.65 Å². The van der Waals surface area contributed by atoms with Crippen LogP contribution < -0.4 is 15.6 Å². The van der Waals surface area contributed by atoms with Crippen LogP contribution in [0.1, 0.15) is 30.1 Å². The van der Waals surface area contributed by atoms with Crippen molar-refractivity contribution in [3.05, 3.63) is 51.1 Å². The summed E-state index contributed by atoms with van der Waals surface area (Å²) in [5, 5.41) is 13.9. The second-order valence-electron chi connectivity index (χ2n) is 10.6. The van der Waals surface area contributed by atoms with Gasteiger partial charge in [0.25, 0.3) is 5.91 Å². The van der Waals surface area contributed by atoms with Crippen molar-refractivity contribution in [1.82, 2.24) is 29.1 Å². The number of carbonyl (C=O) groups excluding carboxylic acids is 1. The van der Waals surface area contributed by atoms with Crippen LogP contribution in [-0.4, -0.2) is 93.4 Å². The Morgan fingerprint density at radius 2 is 1.82 bits per heavy atom. The first-order valence-electron chi connectivity index (χ1n) is 13.6. The fourth-order valence-electron chi connectivity index (χ4n) is 5.98. The fraction of sp³-hybridized carbons (Fsp3) is 0.464. The lowest BCUT2D eigenvalue weighted by molar-refractivity contribution is 0.0152. The average Bonchev–Trinajstić information content (AvgIpc) is 3.55. The number of aliphatic hydroxyl groups is 1. The Labute approximate surface area is 231 Å². The van der Waals surface area contributed by atoms with Gasteiger partial charge in [-0.05, 0) is 63.2 Å². The number of piperazine rings is 1.